The lowest BCUT2D eigenvalue weighted by Gasteiger charge is -2.30. The van der Waals surface area contributed by atoms with Crippen molar-refractivity contribution >= 4 is 24.0 Å². The summed E-state index contributed by atoms with van der Waals surface area (Å²) in [5.74, 6) is 3.09. The molecule has 1 rings (SSSR count). The molecule has 4 heteroatoms. The summed E-state index contributed by atoms with van der Waals surface area (Å²) >= 11 is 3.68. The van der Waals surface area contributed by atoms with Crippen LogP contribution in [0.1, 0.15) is 32.6 Å². The second-order valence-electron chi connectivity index (χ2n) is 6.80. The monoisotopic (exact) mass is 384 g/mol. The van der Waals surface area contributed by atoms with Crippen molar-refractivity contribution < 1.29 is 9.84 Å². The molecule has 0 radical (unpaired) electrons. The first-order valence-corrected chi connectivity index (χ1v) is 12.6. The third kappa shape index (κ3) is 7.78. The predicted octanol–water partition coefficient (Wildman–Crippen LogP) is 4.45. The molecule has 2 nitrogen and oxygen atoms in total. The van der Waals surface area contributed by atoms with Crippen molar-refractivity contribution in [2.45, 2.75) is 75.4 Å². The number of rotatable bonds is 4. The zero-order valence-corrected chi connectivity index (χ0v) is 16.8. The summed E-state index contributed by atoms with van der Waals surface area (Å²) in [6.45, 7) is 8.79. The molecular formula is C18H29BrO2Si. The van der Waals surface area contributed by atoms with Crippen LogP contribution in [0.3, 0.4) is 0 Å². The van der Waals surface area contributed by atoms with Crippen LogP contribution in [0.4, 0.5) is 0 Å². The molecule has 124 valence electrons. The van der Waals surface area contributed by atoms with Gasteiger partial charge in [-0.3, -0.25) is 0 Å². The Morgan fingerprint density at radius 1 is 1.36 bits per heavy atom. The van der Waals surface area contributed by atoms with Crippen LogP contribution in [0.25, 0.3) is 0 Å². The Kier molecular flexibility index (Phi) is 8.70. The topological polar surface area (TPSA) is 29.5 Å². The summed E-state index contributed by atoms with van der Waals surface area (Å²) in [4.78, 5) is 0.321. The predicted molar refractivity (Wildman–Crippen MR) is 101 cm³/mol. The van der Waals surface area contributed by atoms with Crippen LogP contribution in [0.15, 0.2) is 24.3 Å². The average molecular weight is 385 g/mol. The van der Waals surface area contributed by atoms with Crippen molar-refractivity contribution in [1.29, 1.82) is 0 Å². The molecule has 1 aliphatic rings. The molecule has 0 saturated heterocycles. The van der Waals surface area contributed by atoms with E-state index in [1.165, 1.54) is 0 Å². The first kappa shape index (κ1) is 19.7. The highest BCUT2D eigenvalue weighted by molar-refractivity contribution is 9.09. The molecule has 0 bridgehead atoms. The fourth-order valence-electron chi connectivity index (χ4n) is 2.25. The Labute approximate surface area is 145 Å². The van der Waals surface area contributed by atoms with Gasteiger partial charge < -0.3 is 9.84 Å². The SMILES string of the molecule is CC[C@H]1O[C@@H]([C@H](O)C/C=C/C#C[Si](C)(C)C)C/C=C\C[C@@H]1Br. The smallest absolute Gasteiger partial charge is 0.129 e. The van der Waals surface area contributed by atoms with Gasteiger partial charge >= 0.3 is 0 Å². The molecule has 22 heavy (non-hydrogen) atoms. The lowest BCUT2D eigenvalue weighted by molar-refractivity contribution is -0.0755. The maximum Gasteiger partial charge on any atom is 0.129 e. The van der Waals surface area contributed by atoms with E-state index in [4.69, 9.17) is 4.74 Å². The number of alkyl halides is 1. The van der Waals surface area contributed by atoms with Gasteiger partial charge in [-0.1, -0.05) is 66.6 Å². The van der Waals surface area contributed by atoms with Crippen LogP contribution in [0, 0.1) is 11.5 Å². The van der Waals surface area contributed by atoms with Gasteiger partial charge in [0.2, 0.25) is 0 Å². The quantitative estimate of drug-likeness (QED) is 0.335. The minimum Gasteiger partial charge on any atom is -0.390 e. The van der Waals surface area contributed by atoms with Crippen LogP contribution in [-0.2, 0) is 4.74 Å². The summed E-state index contributed by atoms with van der Waals surface area (Å²) in [6.07, 6.45) is 10.9. The van der Waals surface area contributed by atoms with Crippen LogP contribution in [0.2, 0.25) is 19.6 Å². The maximum absolute atomic E-state index is 10.4. The molecule has 1 aliphatic heterocycles. The highest BCUT2D eigenvalue weighted by Gasteiger charge is 2.26. The Hall–Kier alpha value is -0.343. The summed E-state index contributed by atoms with van der Waals surface area (Å²) in [6, 6.07) is 0. The molecule has 4 atom stereocenters. The van der Waals surface area contributed by atoms with Crippen molar-refractivity contribution in [2.75, 3.05) is 0 Å². The highest BCUT2D eigenvalue weighted by Crippen LogP contribution is 2.24. The fraction of sp³-hybridized carbons (Fsp3) is 0.667. The number of ether oxygens (including phenoxy) is 1. The van der Waals surface area contributed by atoms with Crippen molar-refractivity contribution in [2.24, 2.45) is 0 Å². The van der Waals surface area contributed by atoms with E-state index in [1.807, 2.05) is 12.2 Å². The minimum absolute atomic E-state index is 0.142. The standard InChI is InChI=1S/C18H29BrO2Si/c1-5-17-15(19)11-8-9-13-18(21-17)16(20)12-7-6-10-14-22(2,3)4/h6-9,15-18,20H,5,11-13H2,1-4H3/b7-6+,9-8-/t15-,16+,17+,18+/m0/s1. The summed E-state index contributed by atoms with van der Waals surface area (Å²) in [5, 5.41) is 10.4. The second kappa shape index (κ2) is 9.72. The number of hydrogen-bond acceptors (Lipinski definition) is 2. The molecule has 0 aliphatic carbocycles. The molecular weight excluding hydrogens is 356 g/mol. The molecule has 0 aromatic heterocycles. The van der Waals surface area contributed by atoms with Gasteiger partial charge in [0.05, 0.1) is 18.3 Å². The zero-order valence-electron chi connectivity index (χ0n) is 14.2. The number of aliphatic hydroxyl groups excluding tert-OH is 1. The van der Waals surface area contributed by atoms with Gasteiger partial charge in [-0.05, 0) is 31.8 Å². The van der Waals surface area contributed by atoms with Crippen LogP contribution in [-0.4, -0.2) is 36.3 Å². The van der Waals surface area contributed by atoms with E-state index in [2.05, 4.69) is 66.1 Å². The first-order valence-electron chi connectivity index (χ1n) is 8.13. The van der Waals surface area contributed by atoms with Gasteiger partial charge in [0.1, 0.15) is 8.07 Å². The second-order valence-corrected chi connectivity index (χ2v) is 12.7. The van der Waals surface area contributed by atoms with Gasteiger partial charge in [0.25, 0.3) is 0 Å². The van der Waals surface area contributed by atoms with E-state index in [1.54, 1.807) is 0 Å². The zero-order chi connectivity index (χ0) is 16.6. The molecule has 0 aromatic rings. The lowest BCUT2D eigenvalue weighted by Crippen LogP contribution is -2.36. The van der Waals surface area contributed by atoms with Gasteiger partial charge in [0.15, 0.2) is 0 Å². The first-order chi connectivity index (χ1) is 10.3. The third-order valence-corrected chi connectivity index (χ3v) is 5.36. The largest absolute Gasteiger partial charge is 0.390 e. The van der Waals surface area contributed by atoms with E-state index in [-0.39, 0.29) is 12.2 Å². The number of allylic oxidation sites excluding steroid dienone is 2. The molecule has 0 saturated carbocycles. The molecule has 0 unspecified atom stereocenters. The number of halogens is 1. The van der Waals surface area contributed by atoms with E-state index in [9.17, 15) is 5.11 Å². The summed E-state index contributed by atoms with van der Waals surface area (Å²) < 4.78 is 6.11. The highest BCUT2D eigenvalue weighted by atomic mass is 79.9. The van der Waals surface area contributed by atoms with Crippen molar-refractivity contribution in [3.8, 4) is 11.5 Å². The van der Waals surface area contributed by atoms with E-state index in [0.29, 0.717) is 11.2 Å². The summed E-state index contributed by atoms with van der Waals surface area (Å²) in [5.41, 5.74) is 3.29. The van der Waals surface area contributed by atoms with E-state index in [0.717, 1.165) is 19.3 Å². The molecule has 0 spiro atoms. The van der Waals surface area contributed by atoms with Crippen molar-refractivity contribution in [3.63, 3.8) is 0 Å². The molecule has 0 fully saturated rings. The van der Waals surface area contributed by atoms with Gasteiger partial charge in [-0.2, -0.15) is 0 Å². The maximum atomic E-state index is 10.4. The van der Waals surface area contributed by atoms with Gasteiger partial charge in [-0.25, -0.2) is 0 Å². The molecule has 0 amide bonds. The van der Waals surface area contributed by atoms with Crippen molar-refractivity contribution in [1.82, 2.24) is 0 Å². The molecule has 0 aromatic carbocycles. The minimum atomic E-state index is -1.31. The van der Waals surface area contributed by atoms with Gasteiger partial charge in [-0.15, -0.1) is 5.54 Å². The summed E-state index contributed by atoms with van der Waals surface area (Å²) in [7, 11) is -1.31. The fourth-order valence-corrected chi connectivity index (χ4v) is 3.48. The molecule has 1 heterocycles. The molecule has 1 N–H and O–H groups in total. The van der Waals surface area contributed by atoms with Crippen LogP contribution in [0.5, 0.6) is 0 Å². The number of hydrogen-bond donors (Lipinski definition) is 1. The Bertz CT molecular complexity index is 442. The Morgan fingerprint density at radius 3 is 2.68 bits per heavy atom. The van der Waals surface area contributed by atoms with Crippen LogP contribution < -0.4 is 0 Å². The average Bonchev–Trinajstić information content (AvgIpc) is 2.42. The van der Waals surface area contributed by atoms with E-state index >= 15 is 0 Å². The van der Waals surface area contributed by atoms with Crippen molar-refractivity contribution in [3.05, 3.63) is 24.3 Å². The third-order valence-electron chi connectivity index (χ3n) is 3.51. The Balaban J connectivity index is 2.56. The normalized spacial score (nSPS) is 29.3. The lowest BCUT2D eigenvalue weighted by atomic mass is 10.0. The Morgan fingerprint density at radius 2 is 2.05 bits per heavy atom. The number of aliphatic hydroxyl groups is 1. The van der Waals surface area contributed by atoms with E-state index < -0.39 is 14.2 Å². The van der Waals surface area contributed by atoms with Gasteiger partial charge in [0, 0.05) is 4.83 Å². The van der Waals surface area contributed by atoms with Crippen LogP contribution >= 0.6 is 15.9 Å².